The fraction of sp³-hybridized carbons (Fsp3) is 0.500. The normalized spacial score (nSPS) is 19.3. The fourth-order valence-corrected chi connectivity index (χ4v) is 3.49. The molecular formula is C14H16F3N5S. The zero-order chi connectivity index (χ0) is 16.6. The third-order valence-corrected chi connectivity index (χ3v) is 4.69. The molecule has 1 saturated heterocycles. The van der Waals surface area contributed by atoms with Crippen LogP contribution in [-0.4, -0.2) is 40.6 Å². The molecule has 124 valence electrons. The molecule has 0 saturated carbocycles. The summed E-state index contributed by atoms with van der Waals surface area (Å²) in [4.78, 5) is 16.1. The lowest BCUT2D eigenvalue weighted by Crippen LogP contribution is -2.52. The van der Waals surface area contributed by atoms with E-state index in [0.29, 0.717) is 19.6 Å². The van der Waals surface area contributed by atoms with Gasteiger partial charge in [-0.1, -0.05) is 0 Å². The van der Waals surface area contributed by atoms with Gasteiger partial charge in [0.2, 0.25) is 5.95 Å². The maximum Gasteiger partial charge on any atom is 0.433 e. The summed E-state index contributed by atoms with van der Waals surface area (Å²) in [5, 5.41) is 2.93. The van der Waals surface area contributed by atoms with Crippen molar-refractivity contribution in [3.63, 3.8) is 0 Å². The molecule has 5 nitrogen and oxygen atoms in total. The number of aromatic nitrogens is 3. The van der Waals surface area contributed by atoms with E-state index in [1.54, 1.807) is 16.2 Å². The summed E-state index contributed by atoms with van der Waals surface area (Å²) in [5.41, 5.74) is 0.0639. The second-order valence-corrected chi connectivity index (χ2v) is 6.34. The minimum Gasteiger partial charge on any atom is -0.342 e. The Balaban J connectivity index is 1.75. The average molecular weight is 343 g/mol. The van der Waals surface area contributed by atoms with E-state index in [1.807, 2.05) is 19.2 Å². The minimum absolute atomic E-state index is 0.118. The molecule has 2 aromatic rings. The van der Waals surface area contributed by atoms with E-state index in [2.05, 4.69) is 19.9 Å². The fourth-order valence-electron chi connectivity index (χ4n) is 2.56. The molecule has 3 heterocycles. The van der Waals surface area contributed by atoms with E-state index < -0.39 is 11.9 Å². The molecule has 1 aliphatic heterocycles. The quantitative estimate of drug-likeness (QED) is 0.839. The SMILES string of the molecule is Cc1csc(N2CCN(c3nccc(C(F)(F)F)n3)CC2C)n1. The summed E-state index contributed by atoms with van der Waals surface area (Å²) >= 11 is 1.58. The van der Waals surface area contributed by atoms with Crippen LogP contribution in [0, 0.1) is 6.92 Å². The summed E-state index contributed by atoms with van der Waals surface area (Å²) < 4.78 is 38.3. The van der Waals surface area contributed by atoms with Gasteiger partial charge >= 0.3 is 6.18 Å². The van der Waals surface area contributed by atoms with Crippen LogP contribution in [0.4, 0.5) is 24.3 Å². The lowest BCUT2D eigenvalue weighted by molar-refractivity contribution is -0.141. The van der Waals surface area contributed by atoms with Gasteiger partial charge in [-0.3, -0.25) is 0 Å². The highest BCUT2D eigenvalue weighted by Crippen LogP contribution is 2.29. The molecule has 1 unspecified atom stereocenters. The van der Waals surface area contributed by atoms with Gasteiger partial charge in [-0.2, -0.15) is 13.2 Å². The van der Waals surface area contributed by atoms with Crippen LogP contribution in [0.1, 0.15) is 18.3 Å². The first kappa shape index (κ1) is 16.0. The lowest BCUT2D eigenvalue weighted by Gasteiger charge is -2.39. The second kappa shape index (κ2) is 5.95. The molecule has 2 aromatic heterocycles. The van der Waals surface area contributed by atoms with E-state index in [4.69, 9.17) is 0 Å². The number of rotatable bonds is 2. The number of aryl methyl sites for hydroxylation is 1. The first-order chi connectivity index (χ1) is 10.8. The predicted octanol–water partition coefficient (Wildman–Crippen LogP) is 2.98. The molecule has 0 N–H and O–H groups in total. The largest absolute Gasteiger partial charge is 0.433 e. The topological polar surface area (TPSA) is 45.2 Å². The van der Waals surface area contributed by atoms with Crippen molar-refractivity contribution in [1.82, 2.24) is 15.0 Å². The van der Waals surface area contributed by atoms with Crippen LogP contribution in [0.5, 0.6) is 0 Å². The Labute approximate surface area is 135 Å². The molecule has 3 rings (SSSR count). The molecule has 0 bridgehead atoms. The highest BCUT2D eigenvalue weighted by molar-refractivity contribution is 7.13. The van der Waals surface area contributed by atoms with Crippen molar-refractivity contribution in [3.05, 3.63) is 29.0 Å². The molecular weight excluding hydrogens is 327 g/mol. The van der Waals surface area contributed by atoms with Crippen molar-refractivity contribution in [1.29, 1.82) is 0 Å². The first-order valence-corrected chi connectivity index (χ1v) is 8.06. The van der Waals surface area contributed by atoms with Crippen LogP contribution in [0.15, 0.2) is 17.6 Å². The number of nitrogens with zero attached hydrogens (tertiary/aromatic N) is 5. The van der Waals surface area contributed by atoms with Crippen LogP contribution in [0.25, 0.3) is 0 Å². The summed E-state index contributed by atoms with van der Waals surface area (Å²) in [5.74, 6) is 0.127. The van der Waals surface area contributed by atoms with E-state index in [0.717, 1.165) is 23.1 Å². The van der Waals surface area contributed by atoms with Crippen molar-refractivity contribution in [3.8, 4) is 0 Å². The molecule has 1 atom stereocenters. The van der Waals surface area contributed by atoms with Crippen molar-refractivity contribution < 1.29 is 13.2 Å². The Kier molecular flexibility index (Phi) is 4.13. The predicted molar refractivity (Wildman–Crippen MR) is 82.9 cm³/mol. The average Bonchev–Trinajstić information content (AvgIpc) is 2.93. The monoisotopic (exact) mass is 343 g/mol. The van der Waals surface area contributed by atoms with Crippen molar-refractivity contribution in [2.75, 3.05) is 29.4 Å². The van der Waals surface area contributed by atoms with Crippen LogP contribution in [-0.2, 0) is 6.18 Å². The third kappa shape index (κ3) is 3.39. The lowest BCUT2D eigenvalue weighted by atomic mass is 10.2. The van der Waals surface area contributed by atoms with Gasteiger partial charge < -0.3 is 9.80 Å². The van der Waals surface area contributed by atoms with Crippen molar-refractivity contribution in [2.45, 2.75) is 26.1 Å². The van der Waals surface area contributed by atoms with Crippen molar-refractivity contribution >= 4 is 22.4 Å². The molecule has 0 aliphatic carbocycles. The van der Waals surface area contributed by atoms with Gasteiger partial charge in [-0.15, -0.1) is 11.3 Å². The van der Waals surface area contributed by atoms with Gasteiger partial charge in [-0.25, -0.2) is 15.0 Å². The molecule has 23 heavy (non-hydrogen) atoms. The van der Waals surface area contributed by atoms with E-state index in [-0.39, 0.29) is 12.0 Å². The summed E-state index contributed by atoms with van der Waals surface area (Å²) in [6.07, 6.45) is -3.30. The highest BCUT2D eigenvalue weighted by atomic mass is 32.1. The molecule has 1 aliphatic rings. The number of thiazole rings is 1. The molecule has 9 heteroatoms. The molecule has 0 aromatic carbocycles. The number of alkyl halides is 3. The van der Waals surface area contributed by atoms with Gasteiger partial charge in [0.1, 0.15) is 5.69 Å². The molecule has 0 amide bonds. The van der Waals surface area contributed by atoms with E-state index >= 15 is 0 Å². The second-order valence-electron chi connectivity index (χ2n) is 5.50. The van der Waals surface area contributed by atoms with Crippen molar-refractivity contribution in [2.24, 2.45) is 0 Å². The van der Waals surface area contributed by atoms with Crippen LogP contribution in [0.3, 0.4) is 0 Å². The Morgan fingerprint density at radius 2 is 2.04 bits per heavy atom. The minimum atomic E-state index is -4.45. The third-order valence-electron chi connectivity index (χ3n) is 3.70. The van der Waals surface area contributed by atoms with Gasteiger partial charge in [0, 0.05) is 37.3 Å². The maximum atomic E-state index is 12.8. The summed E-state index contributed by atoms with van der Waals surface area (Å²) in [6, 6.07) is 1.01. The Morgan fingerprint density at radius 1 is 1.26 bits per heavy atom. The van der Waals surface area contributed by atoms with Gasteiger partial charge in [0.05, 0.1) is 5.69 Å². The number of halogens is 3. The van der Waals surface area contributed by atoms with Crippen LogP contribution < -0.4 is 9.80 Å². The Hall–Kier alpha value is -1.90. The van der Waals surface area contributed by atoms with Crippen LogP contribution in [0.2, 0.25) is 0 Å². The zero-order valence-electron chi connectivity index (χ0n) is 12.7. The Bertz CT molecular complexity index is 687. The zero-order valence-corrected chi connectivity index (χ0v) is 13.5. The first-order valence-electron chi connectivity index (χ1n) is 7.18. The van der Waals surface area contributed by atoms with Gasteiger partial charge in [-0.05, 0) is 19.9 Å². The molecule has 0 spiro atoms. The van der Waals surface area contributed by atoms with Crippen LogP contribution >= 0.6 is 11.3 Å². The number of hydrogen-bond donors (Lipinski definition) is 0. The van der Waals surface area contributed by atoms with Gasteiger partial charge in [0.15, 0.2) is 5.13 Å². The number of anilines is 2. The summed E-state index contributed by atoms with van der Waals surface area (Å²) in [7, 11) is 0. The smallest absolute Gasteiger partial charge is 0.342 e. The summed E-state index contributed by atoms with van der Waals surface area (Å²) in [6.45, 7) is 5.76. The Morgan fingerprint density at radius 3 is 2.65 bits per heavy atom. The molecule has 1 fully saturated rings. The maximum absolute atomic E-state index is 12.8. The standard InChI is InChI=1S/C14H16F3N5S/c1-9-8-23-13(19-9)22-6-5-21(7-10(22)2)12-18-4-3-11(20-12)14(15,16)17/h3-4,8,10H,5-7H2,1-2H3. The van der Waals surface area contributed by atoms with E-state index in [1.165, 1.54) is 0 Å². The number of hydrogen-bond acceptors (Lipinski definition) is 6. The highest BCUT2D eigenvalue weighted by Gasteiger charge is 2.34. The van der Waals surface area contributed by atoms with E-state index in [9.17, 15) is 13.2 Å². The van der Waals surface area contributed by atoms with Gasteiger partial charge in [0.25, 0.3) is 0 Å². The molecule has 0 radical (unpaired) electrons. The number of piperazine rings is 1.